The largest absolute Gasteiger partial charge is 0.371 e. The Morgan fingerprint density at radius 2 is 2.16 bits per heavy atom. The normalized spacial score (nSPS) is 20.2. The highest BCUT2D eigenvalue weighted by molar-refractivity contribution is 5.99. The molecule has 1 aromatic rings. The first kappa shape index (κ1) is 14.0. The lowest BCUT2D eigenvalue weighted by atomic mass is 9.98. The zero-order chi connectivity index (χ0) is 13.8. The molecule has 0 radical (unpaired) electrons. The van der Waals surface area contributed by atoms with Crippen molar-refractivity contribution in [1.82, 2.24) is 0 Å². The van der Waals surface area contributed by atoms with Crippen LogP contribution in [0.5, 0.6) is 0 Å². The van der Waals surface area contributed by atoms with Crippen LogP contribution in [0.4, 0.5) is 10.1 Å². The highest BCUT2D eigenvalue weighted by atomic mass is 19.1. The Kier molecular flexibility index (Phi) is 4.56. The molecule has 1 atom stereocenters. The van der Waals surface area contributed by atoms with E-state index >= 15 is 0 Å². The molecule has 2 rings (SSSR count). The lowest BCUT2D eigenvalue weighted by Gasteiger charge is -2.25. The number of benzene rings is 1. The van der Waals surface area contributed by atoms with E-state index in [0.717, 1.165) is 37.5 Å². The van der Waals surface area contributed by atoms with Gasteiger partial charge in [-0.1, -0.05) is 13.3 Å². The van der Waals surface area contributed by atoms with Gasteiger partial charge in [0.15, 0.2) is 5.78 Å². The van der Waals surface area contributed by atoms with Crippen molar-refractivity contribution < 1.29 is 9.18 Å². The van der Waals surface area contributed by atoms with Gasteiger partial charge in [-0.2, -0.15) is 0 Å². The van der Waals surface area contributed by atoms with Gasteiger partial charge in [0.2, 0.25) is 0 Å². The van der Waals surface area contributed by atoms with E-state index in [2.05, 4.69) is 11.8 Å². The maximum absolute atomic E-state index is 13.3. The summed E-state index contributed by atoms with van der Waals surface area (Å²) in [6.07, 6.45) is 4.78. The second-order valence-corrected chi connectivity index (χ2v) is 5.41. The third kappa shape index (κ3) is 3.34. The molecular formula is C16H22FNO. The van der Waals surface area contributed by atoms with Crippen LogP contribution in [-0.2, 0) is 0 Å². The van der Waals surface area contributed by atoms with Gasteiger partial charge in [0.05, 0.1) is 0 Å². The molecule has 1 aliphatic rings. The number of halogens is 1. The van der Waals surface area contributed by atoms with Gasteiger partial charge in [0.1, 0.15) is 5.82 Å². The van der Waals surface area contributed by atoms with E-state index in [0.29, 0.717) is 5.56 Å². The molecule has 2 nitrogen and oxygen atoms in total. The van der Waals surface area contributed by atoms with E-state index < -0.39 is 0 Å². The van der Waals surface area contributed by atoms with Gasteiger partial charge in [0.25, 0.3) is 0 Å². The highest BCUT2D eigenvalue weighted by Gasteiger charge is 2.19. The van der Waals surface area contributed by atoms with E-state index in [1.165, 1.54) is 31.9 Å². The van der Waals surface area contributed by atoms with Gasteiger partial charge in [-0.15, -0.1) is 0 Å². The number of hydrogen-bond acceptors (Lipinski definition) is 2. The minimum Gasteiger partial charge on any atom is -0.371 e. The first-order valence-electron chi connectivity index (χ1n) is 7.17. The van der Waals surface area contributed by atoms with Gasteiger partial charge in [-0.25, -0.2) is 4.39 Å². The Bertz CT molecular complexity index is 458. The van der Waals surface area contributed by atoms with Crippen LogP contribution in [0.2, 0.25) is 0 Å². The minimum atomic E-state index is -0.338. The number of Topliss-reactive ketones (excluding diaryl/α,β-unsaturated/α-hetero) is 1. The Labute approximate surface area is 114 Å². The zero-order valence-corrected chi connectivity index (χ0v) is 11.8. The van der Waals surface area contributed by atoms with Crippen LogP contribution in [0.3, 0.4) is 0 Å². The Balaban J connectivity index is 2.23. The summed E-state index contributed by atoms with van der Waals surface area (Å²) >= 11 is 0. The lowest BCUT2D eigenvalue weighted by Crippen LogP contribution is -2.26. The summed E-state index contributed by atoms with van der Waals surface area (Å²) in [5.41, 5.74) is 1.40. The minimum absolute atomic E-state index is 0.0641. The van der Waals surface area contributed by atoms with Crippen molar-refractivity contribution in [3.05, 3.63) is 29.6 Å². The molecule has 19 heavy (non-hydrogen) atoms. The second-order valence-electron chi connectivity index (χ2n) is 5.41. The molecule has 3 heteroatoms. The fourth-order valence-corrected chi connectivity index (χ4v) is 2.88. The molecule has 1 unspecified atom stereocenters. The van der Waals surface area contributed by atoms with Crippen molar-refractivity contribution in [2.75, 3.05) is 18.0 Å². The third-order valence-corrected chi connectivity index (χ3v) is 4.10. The van der Waals surface area contributed by atoms with Gasteiger partial charge < -0.3 is 4.90 Å². The smallest absolute Gasteiger partial charge is 0.161 e. The first-order valence-corrected chi connectivity index (χ1v) is 7.17. The quantitative estimate of drug-likeness (QED) is 0.767. The molecule has 0 bridgehead atoms. The van der Waals surface area contributed by atoms with E-state index in [4.69, 9.17) is 0 Å². The summed E-state index contributed by atoms with van der Waals surface area (Å²) in [5.74, 6) is 0.382. The molecule has 1 fully saturated rings. The molecule has 1 saturated heterocycles. The van der Waals surface area contributed by atoms with Crippen LogP contribution >= 0.6 is 0 Å². The molecule has 1 aromatic carbocycles. The van der Waals surface area contributed by atoms with Crippen molar-refractivity contribution in [2.45, 2.75) is 39.5 Å². The van der Waals surface area contributed by atoms with E-state index in [1.807, 2.05) is 0 Å². The summed E-state index contributed by atoms with van der Waals surface area (Å²) < 4.78 is 13.3. The average molecular weight is 263 g/mol. The predicted octanol–water partition coefficient (Wildman–Crippen LogP) is 4.04. The molecule has 104 valence electrons. The molecule has 1 aliphatic heterocycles. The summed E-state index contributed by atoms with van der Waals surface area (Å²) in [7, 11) is 0. The highest BCUT2D eigenvalue weighted by Crippen LogP contribution is 2.27. The maximum atomic E-state index is 13.3. The molecule has 0 aromatic heterocycles. The van der Waals surface area contributed by atoms with Gasteiger partial charge in [-0.05, 0) is 50.3 Å². The summed E-state index contributed by atoms with van der Waals surface area (Å²) in [6.45, 7) is 5.66. The van der Waals surface area contributed by atoms with Gasteiger partial charge in [-0.3, -0.25) is 4.79 Å². The number of carbonyl (C=O) groups is 1. The van der Waals surface area contributed by atoms with E-state index in [1.54, 1.807) is 6.07 Å². The van der Waals surface area contributed by atoms with Crippen molar-refractivity contribution in [3.63, 3.8) is 0 Å². The number of rotatable bonds is 3. The lowest BCUT2D eigenvalue weighted by molar-refractivity contribution is 0.101. The van der Waals surface area contributed by atoms with Crippen LogP contribution in [0, 0.1) is 11.7 Å². The zero-order valence-electron chi connectivity index (χ0n) is 11.8. The monoisotopic (exact) mass is 263 g/mol. The average Bonchev–Trinajstić information content (AvgIpc) is 2.63. The number of hydrogen-bond donors (Lipinski definition) is 0. The fraction of sp³-hybridized carbons (Fsp3) is 0.562. The fourth-order valence-electron chi connectivity index (χ4n) is 2.88. The van der Waals surface area contributed by atoms with Gasteiger partial charge >= 0.3 is 0 Å². The van der Waals surface area contributed by atoms with Crippen molar-refractivity contribution in [3.8, 4) is 0 Å². The first-order chi connectivity index (χ1) is 9.11. The Morgan fingerprint density at radius 1 is 1.37 bits per heavy atom. The van der Waals surface area contributed by atoms with Crippen LogP contribution in [0.15, 0.2) is 18.2 Å². The molecule has 0 aliphatic carbocycles. The van der Waals surface area contributed by atoms with Crippen molar-refractivity contribution in [2.24, 2.45) is 5.92 Å². The summed E-state index contributed by atoms with van der Waals surface area (Å²) in [6, 6.07) is 4.56. The van der Waals surface area contributed by atoms with E-state index in [9.17, 15) is 9.18 Å². The topological polar surface area (TPSA) is 20.3 Å². The Morgan fingerprint density at radius 3 is 2.84 bits per heavy atom. The standard InChI is InChI=1S/C16H22FNO/c1-3-13-5-4-9-18(10-8-13)16-7-6-14(17)11-15(16)12(2)19/h6-7,11,13H,3-5,8-10H2,1-2H3. The molecular weight excluding hydrogens is 241 g/mol. The van der Waals surface area contributed by atoms with Crippen molar-refractivity contribution in [1.29, 1.82) is 0 Å². The van der Waals surface area contributed by atoms with Crippen LogP contribution < -0.4 is 4.90 Å². The summed E-state index contributed by atoms with van der Waals surface area (Å²) in [5, 5.41) is 0. The van der Waals surface area contributed by atoms with Crippen LogP contribution in [0.25, 0.3) is 0 Å². The van der Waals surface area contributed by atoms with E-state index in [-0.39, 0.29) is 11.6 Å². The maximum Gasteiger partial charge on any atom is 0.161 e. The summed E-state index contributed by atoms with van der Waals surface area (Å²) in [4.78, 5) is 13.9. The van der Waals surface area contributed by atoms with Crippen LogP contribution in [-0.4, -0.2) is 18.9 Å². The number of carbonyl (C=O) groups excluding carboxylic acids is 1. The SMILES string of the molecule is CCC1CCCN(c2ccc(F)cc2C(C)=O)CC1. The molecule has 0 spiro atoms. The predicted molar refractivity (Wildman–Crippen MR) is 76.2 cm³/mol. The molecule has 0 N–H and O–H groups in total. The van der Waals surface area contributed by atoms with Gasteiger partial charge in [0, 0.05) is 24.3 Å². The number of nitrogens with zero attached hydrogens (tertiary/aromatic N) is 1. The molecule has 0 saturated carbocycles. The number of ketones is 1. The van der Waals surface area contributed by atoms with Crippen LogP contribution in [0.1, 0.15) is 49.9 Å². The number of anilines is 1. The Hall–Kier alpha value is -1.38. The molecule has 1 heterocycles. The molecule has 0 amide bonds. The second kappa shape index (κ2) is 6.18. The van der Waals surface area contributed by atoms with Crippen molar-refractivity contribution >= 4 is 11.5 Å². The third-order valence-electron chi connectivity index (χ3n) is 4.10.